The van der Waals surface area contributed by atoms with E-state index >= 15 is 0 Å². The maximum atomic E-state index is 12.7. The quantitative estimate of drug-likeness (QED) is 0.855. The van der Waals surface area contributed by atoms with Gasteiger partial charge in [0, 0.05) is 34.7 Å². The number of benzene rings is 1. The van der Waals surface area contributed by atoms with Gasteiger partial charge in [-0.2, -0.15) is 0 Å². The SMILES string of the molecule is Cc1cc(C(=O)NCC2CN3CCCC3CO2)c2ccc(Br)cc2n1. The predicted molar refractivity (Wildman–Crippen MR) is 101 cm³/mol. The Hall–Kier alpha value is -1.50. The molecule has 2 unspecified atom stereocenters. The van der Waals surface area contributed by atoms with E-state index < -0.39 is 0 Å². The number of aromatic nitrogens is 1. The minimum Gasteiger partial charge on any atom is -0.373 e. The highest BCUT2D eigenvalue weighted by atomic mass is 79.9. The molecule has 4 rings (SSSR count). The van der Waals surface area contributed by atoms with Crippen molar-refractivity contribution in [3.63, 3.8) is 0 Å². The van der Waals surface area contributed by atoms with Crippen LogP contribution in [0.15, 0.2) is 28.7 Å². The molecule has 0 aliphatic carbocycles. The first kappa shape index (κ1) is 16.9. The van der Waals surface area contributed by atoms with Crippen LogP contribution in [0.4, 0.5) is 0 Å². The van der Waals surface area contributed by atoms with Crippen molar-refractivity contribution in [3.05, 3.63) is 40.0 Å². The number of halogens is 1. The molecular weight excluding hydrogens is 382 g/mol. The van der Waals surface area contributed by atoms with E-state index in [0.29, 0.717) is 18.2 Å². The second-order valence-electron chi connectivity index (χ2n) is 6.93. The standard InChI is InChI=1S/C19H22BrN3O2/c1-12-7-17(16-5-4-13(20)8-18(16)22-12)19(24)21-9-15-10-23-6-2-3-14(23)11-25-15/h4-5,7-8,14-15H,2-3,6,9-11H2,1H3,(H,21,24). The first-order chi connectivity index (χ1) is 12.1. The summed E-state index contributed by atoms with van der Waals surface area (Å²) in [7, 11) is 0. The van der Waals surface area contributed by atoms with Gasteiger partial charge in [-0.1, -0.05) is 22.0 Å². The third-order valence-electron chi connectivity index (χ3n) is 5.10. The number of rotatable bonds is 3. The van der Waals surface area contributed by atoms with Gasteiger partial charge >= 0.3 is 0 Å². The van der Waals surface area contributed by atoms with Crippen LogP contribution in [0.25, 0.3) is 10.9 Å². The minimum atomic E-state index is -0.0648. The second kappa shape index (κ2) is 7.02. The van der Waals surface area contributed by atoms with E-state index in [4.69, 9.17) is 4.74 Å². The van der Waals surface area contributed by atoms with E-state index in [1.165, 1.54) is 12.8 Å². The van der Waals surface area contributed by atoms with Gasteiger partial charge in [-0.25, -0.2) is 0 Å². The molecule has 2 aliphatic heterocycles. The lowest BCUT2D eigenvalue weighted by Crippen LogP contribution is -2.50. The van der Waals surface area contributed by atoms with E-state index in [2.05, 4.69) is 31.1 Å². The molecule has 2 fully saturated rings. The number of nitrogens with one attached hydrogen (secondary N) is 1. The fourth-order valence-corrected chi connectivity index (χ4v) is 4.18. The van der Waals surface area contributed by atoms with Gasteiger partial charge in [0.1, 0.15) is 0 Å². The Kier molecular flexibility index (Phi) is 4.75. The normalized spacial score (nSPS) is 23.6. The Morgan fingerprint density at radius 2 is 2.32 bits per heavy atom. The Labute approximate surface area is 155 Å². The summed E-state index contributed by atoms with van der Waals surface area (Å²) in [4.78, 5) is 19.8. The molecule has 1 aromatic heterocycles. The fraction of sp³-hybridized carbons (Fsp3) is 0.474. The van der Waals surface area contributed by atoms with Crippen molar-refractivity contribution in [1.29, 1.82) is 0 Å². The zero-order chi connectivity index (χ0) is 17.4. The zero-order valence-corrected chi connectivity index (χ0v) is 15.9. The van der Waals surface area contributed by atoms with E-state index in [0.717, 1.165) is 40.8 Å². The molecule has 2 saturated heterocycles. The molecule has 2 aromatic rings. The van der Waals surface area contributed by atoms with Gasteiger partial charge in [0.2, 0.25) is 0 Å². The number of aryl methyl sites for hydroxylation is 1. The molecule has 1 aromatic carbocycles. The van der Waals surface area contributed by atoms with Crippen molar-refractivity contribution >= 4 is 32.7 Å². The lowest BCUT2D eigenvalue weighted by molar-refractivity contribution is -0.0461. The van der Waals surface area contributed by atoms with Crippen LogP contribution < -0.4 is 5.32 Å². The molecule has 1 amide bonds. The van der Waals surface area contributed by atoms with Crippen molar-refractivity contribution in [2.24, 2.45) is 0 Å². The topological polar surface area (TPSA) is 54.5 Å². The molecule has 132 valence electrons. The highest BCUT2D eigenvalue weighted by Crippen LogP contribution is 2.24. The average Bonchev–Trinajstić information content (AvgIpc) is 3.06. The number of hydrogen-bond donors (Lipinski definition) is 1. The third-order valence-corrected chi connectivity index (χ3v) is 5.59. The molecular formula is C19H22BrN3O2. The largest absolute Gasteiger partial charge is 0.373 e. The lowest BCUT2D eigenvalue weighted by Gasteiger charge is -2.35. The third kappa shape index (κ3) is 3.57. The Bertz CT molecular complexity index is 805. The van der Waals surface area contributed by atoms with Gasteiger partial charge in [-0.15, -0.1) is 0 Å². The fourth-order valence-electron chi connectivity index (χ4n) is 3.83. The number of ether oxygens (including phenoxy) is 1. The number of morpholine rings is 1. The summed E-state index contributed by atoms with van der Waals surface area (Å²) in [5.74, 6) is -0.0648. The minimum absolute atomic E-state index is 0.0648. The molecule has 2 atom stereocenters. The van der Waals surface area contributed by atoms with Crippen LogP contribution in [0.2, 0.25) is 0 Å². The van der Waals surface area contributed by atoms with E-state index in [1.54, 1.807) is 0 Å². The number of nitrogens with zero attached hydrogens (tertiary/aromatic N) is 2. The molecule has 3 heterocycles. The van der Waals surface area contributed by atoms with Crippen LogP contribution in [0.3, 0.4) is 0 Å². The highest BCUT2D eigenvalue weighted by molar-refractivity contribution is 9.10. The summed E-state index contributed by atoms with van der Waals surface area (Å²) < 4.78 is 6.89. The van der Waals surface area contributed by atoms with Gasteiger partial charge in [-0.05, 0) is 44.5 Å². The van der Waals surface area contributed by atoms with E-state index in [-0.39, 0.29) is 12.0 Å². The summed E-state index contributed by atoms with van der Waals surface area (Å²) in [5, 5.41) is 3.92. The molecule has 0 saturated carbocycles. The summed E-state index contributed by atoms with van der Waals surface area (Å²) in [6.45, 7) is 5.30. The summed E-state index contributed by atoms with van der Waals surface area (Å²) in [6.07, 6.45) is 2.56. The number of amides is 1. The van der Waals surface area contributed by atoms with Crippen LogP contribution in [0.1, 0.15) is 28.9 Å². The predicted octanol–water partition coefficient (Wildman–Crippen LogP) is 2.90. The number of hydrogen-bond acceptors (Lipinski definition) is 4. The summed E-state index contributed by atoms with van der Waals surface area (Å²) >= 11 is 3.46. The number of fused-ring (bicyclic) bond motifs is 2. The van der Waals surface area contributed by atoms with Gasteiger partial charge < -0.3 is 10.1 Å². The van der Waals surface area contributed by atoms with Crippen molar-refractivity contribution in [1.82, 2.24) is 15.2 Å². The lowest BCUT2D eigenvalue weighted by atomic mass is 10.1. The molecule has 25 heavy (non-hydrogen) atoms. The summed E-state index contributed by atoms with van der Waals surface area (Å²) in [6, 6.07) is 8.25. The second-order valence-corrected chi connectivity index (χ2v) is 7.84. The molecule has 0 radical (unpaired) electrons. The van der Waals surface area contributed by atoms with E-state index in [9.17, 15) is 4.79 Å². The van der Waals surface area contributed by atoms with Gasteiger partial charge in [-0.3, -0.25) is 14.7 Å². The van der Waals surface area contributed by atoms with Crippen LogP contribution in [-0.4, -0.2) is 54.2 Å². The van der Waals surface area contributed by atoms with Crippen LogP contribution in [0.5, 0.6) is 0 Å². The highest BCUT2D eigenvalue weighted by Gasteiger charge is 2.32. The molecule has 2 aliphatic rings. The molecule has 0 bridgehead atoms. The smallest absolute Gasteiger partial charge is 0.252 e. The van der Waals surface area contributed by atoms with Crippen molar-refractivity contribution < 1.29 is 9.53 Å². The number of carbonyl (C=O) groups excluding carboxylic acids is 1. The van der Waals surface area contributed by atoms with Crippen LogP contribution in [0, 0.1) is 6.92 Å². The molecule has 1 N–H and O–H groups in total. The monoisotopic (exact) mass is 403 g/mol. The molecule has 0 spiro atoms. The van der Waals surface area contributed by atoms with Crippen LogP contribution in [-0.2, 0) is 4.74 Å². The van der Waals surface area contributed by atoms with Gasteiger partial charge in [0.05, 0.1) is 23.8 Å². The number of pyridine rings is 1. The maximum absolute atomic E-state index is 12.7. The summed E-state index contributed by atoms with van der Waals surface area (Å²) in [5.41, 5.74) is 2.34. The Balaban J connectivity index is 1.47. The maximum Gasteiger partial charge on any atom is 0.252 e. The molecule has 5 nitrogen and oxygen atoms in total. The van der Waals surface area contributed by atoms with Crippen molar-refractivity contribution in [2.75, 3.05) is 26.2 Å². The Morgan fingerprint density at radius 3 is 3.20 bits per heavy atom. The zero-order valence-electron chi connectivity index (χ0n) is 14.3. The van der Waals surface area contributed by atoms with Crippen molar-refractivity contribution in [2.45, 2.75) is 31.9 Å². The first-order valence-electron chi connectivity index (χ1n) is 8.81. The average molecular weight is 404 g/mol. The van der Waals surface area contributed by atoms with Gasteiger partial charge in [0.15, 0.2) is 0 Å². The number of carbonyl (C=O) groups is 1. The molecule has 6 heteroatoms. The van der Waals surface area contributed by atoms with Crippen molar-refractivity contribution in [3.8, 4) is 0 Å². The van der Waals surface area contributed by atoms with Gasteiger partial charge in [0.25, 0.3) is 5.91 Å². The Morgan fingerprint density at radius 1 is 1.44 bits per heavy atom. The van der Waals surface area contributed by atoms with Crippen LogP contribution >= 0.6 is 15.9 Å². The van der Waals surface area contributed by atoms with E-state index in [1.807, 2.05) is 31.2 Å². The first-order valence-corrected chi connectivity index (χ1v) is 9.60.